The van der Waals surface area contributed by atoms with E-state index < -0.39 is 21.5 Å². The predicted molar refractivity (Wildman–Crippen MR) is 527 cm³/mol. The topological polar surface area (TPSA) is 63.9 Å². The highest BCUT2D eigenvalue weighted by Crippen LogP contribution is 2.27. The van der Waals surface area contributed by atoms with Gasteiger partial charge in [0.25, 0.3) is 0 Å². The third-order valence-corrected chi connectivity index (χ3v) is 25.4. The molecule has 0 amide bonds. The molecule has 0 unspecified atom stereocenters. The van der Waals surface area contributed by atoms with Crippen LogP contribution in [0.25, 0.3) is 0 Å². The lowest BCUT2D eigenvalue weighted by atomic mass is 10.0. The Kier molecular flexibility index (Phi) is 126. The summed E-state index contributed by atoms with van der Waals surface area (Å²) in [5, 5.41) is 0. The first-order chi connectivity index (χ1) is 52.1. The molecule has 7 nitrogen and oxygen atoms in total. The zero-order valence-corrected chi connectivity index (χ0v) is 87.7. The second-order valence-electron chi connectivity index (χ2n) is 35.2. The summed E-state index contributed by atoms with van der Waals surface area (Å²) in [6, 6.07) is -1.48. The summed E-state index contributed by atoms with van der Waals surface area (Å²) >= 11 is 37.8. The standard InChI is InChI=1S/C23H49Cl3NSi.C23H52NO3Si.C23H48N.C20H43N.C3H5Cl.Cl3HSi.3ClH/c1-4-5-6-7-8-9-10-11-12-13-14-15-16-17-18-19-21-27(2,3)22-20-23-28(24,25)26;1-4-5-6-7-8-9-10-11-12-13-14-15-16-17-18-19-21-24(2,3)22-20-23-28(25,26)27;1-5-7-8-9-10-11-12-13-14-15-16-17-18-19-20-21-23-24(3,4)22-6-2;1-4-5-6-7-8-9-10-11-12-13-14-15-16-17-18-19-20-21(2)3;1-2-3-4;1-4(2)3;;;/h4-23H2,1-3H3;25-27H,4-23H2,1-3H3;6H,2,5,7-23H2,1,3-4H3;4-20H2,1-3H3;2H,1,3H2;4H;3*1H/q3*+1;;;;;;/p-1. The number of unbranched alkanes of at least 4 members (excludes halogenated alkanes) is 60. The smallest absolute Gasteiger partial charge is 0.492 e. The number of likely N-dealkylation sites (N-methyl/N-ethyl adjacent to an activating group) is 1. The maximum absolute atomic E-state index is 9.08. The first-order valence-corrected chi connectivity index (χ1v) is 60.2. The molecule has 0 spiro atoms. The third kappa shape index (κ3) is 144. The molecule has 686 valence electrons. The van der Waals surface area contributed by atoms with Gasteiger partial charge in [0, 0.05) is 18.3 Å². The van der Waals surface area contributed by atoms with Crippen molar-refractivity contribution in [1.82, 2.24) is 4.90 Å². The fourth-order valence-electron chi connectivity index (χ4n) is 14.4. The number of hydrogen-bond acceptors (Lipinski definition) is 4. The van der Waals surface area contributed by atoms with Crippen LogP contribution in [0.1, 0.15) is 451 Å². The van der Waals surface area contributed by atoms with Gasteiger partial charge in [-0.25, -0.2) is 0 Å². The summed E-state index contributed by atoms with van der Waals surface area (Å²) in [4.78, 5) is 29.5. The van der Waals surface area contributed by atoms with Gasteiger partial charge in [-0.15, -0.1) is 109 Å². The van der Waals surface area contributed by atoms with Crippen molar-refractivity contribution in [2.75, 3.05) is 108 Å². The van der Waals surface area contributed by atoms with E-state index in [4.69, 9.17) is 92.5 Å². The van der Waals surface area contributed by atoms with Crippen molar-refractivity contribution < 1.29 is 40.2 Å². The molecule has 0 saturated carbocycles. The van der Waals surface area contributed by atoms with Gasteiger partial charge in [-0.2, -0.15) is 0 Å². The zero-order chi connectivity index (χ0) is 82.8. The second-order valence-corrected chi connectivity index (χ2v) is 53.3. The Morgan fingerprint density at radius 3 is 0.616 bits per heavy atom. The Morgan fingerprint density at radius 2 is 0.455 bits per heavy atom. The number of halogens is 10. The molecule has 0 heterocycles. The van der Waals surface area contributed by atoms with E-state index in [1.165, 1.54) is 431 Å². The molecule has 0 radical (unpaired) electrons. The Morgan fingerprint density at radius 1 is 0.295 bits per heavy atom. The highest BCUT2D eigenvalue weighted by molar-refractivity contribution is 7.64. The van der Waals surface area contributed by atoms with Crippen LogP contribution in [0.4, 0.5) is 0 Å². The first kappa shape index (κ1) is 133. The van der Waals surface area contributed by atoms with Crippen LogP contribution in [-0.4, -0.2) is 162 Å². The fourth-order valence-corrected chi connectivity index (χ4v) is 16.8. The minimum absolute atomic E-state index is 0. The van der Waals surface area contributed by atoms with Crippen molar-refractivity contribution >= 4 is 124 Å². The van der Waals surface area contributed by atoms with E-state index in [9.17, 15) is 0 Å². The van der Waals surface area contributed by atoms with Crippen LogP contribution in [0.2, 0.25) is 12.1 Å². The monoisotopic (exact) mass is 1840 g/mol. The summed E-state index contributed by atoms with van der Waals surface area (Å²) in [5.74, 6) is 0.556. The molecule has 0 fully saturated rings. The predicted octanol–water partition coefficient (Wildman–Crippen LogP) is 30.0. The quantitative estimate of drug-likeness (QED) is 0.0142. The number of alkyl halides is 1. The molecule has 0 bridgehead atoms. The van der Waals surface area contributed by atoms with Crippen LogP contribution >= 0.6 is 103 Å². The Labute approximate surface area is 760 Å². The lowest BCUT2D eigenvalue weighted by molar-refractivity contribution is -0.890. The number of hydrogen-bond donors (Lipinski definition) is 3. The molecule has 0 aliphatic rings. The van der Waals surface area contributed by atoms with Crippen LogP contribution < -0.4 is 12.4 Å². The normalized spacial score (nSPS) is 11.5. The summed E-state index contributed by atoms with van der Waals surface area (Å²) in [6.07, 6.45) is 97.1. The molecule has 0 atom stereocenters. The van der Waals surface area contributed by atoms with Gasteiger partial charge in [-0.05, 0) is 84.1 Å². The number of allylic oxidation sites excluding steroid dienone is 1. The first-order valence-electron chi connectivity index (χ1n) is 47.1. The van der Waals surface area contributed by atoms with Crippen molar-refractivity contribution in [1.29, 1.82) is 0 Å². The average Bonchev–Trinajstić information content (AvgIpc) is 0.934. The van der Waals surface area contributed by atoms with E-state index in [0.717, 1.165) is 52.1 Å². The van der Waals surface area contributed by atoms with Crippen LogP contribution in [0.5, 0.6) is 0 Å². The van der Waals surface area contributed by atoms with E-state index in [1.54, 1.807) is 6.08 Å². The highest BCUT2D eigenvalue weighted by Gasteiger charge is 2.28. The van der Waals surface area contributed by atoms with Crippen LogP contribution in [0.3, 0.4) is 0 Å². The Balaban J connectivity index is -0.000000174. The second kappa shape index (κ2) is 106. The van der Waals surface area contributed by atoms with E-state index in [-0.39, 0.29) is 43.3 Å². The third-order valence-electron chi connectivity index (χ3n) is 21.5. The van der Waals surface area contributed by atoms with Crippen LogP contribution in [0.15, 0.2) is 25.3 Å². The van der Waals surface area contributed by atoms with Crippen LogP contribution in [-0.2, 0) is 0 Å². The average molecular weight is 1850 g/mol. The largest absolute Gasteiger partial charge is 1.00 e. The number of quaternary nitrogens is 3. The molecule has 112 heavy (non-hydrogen) atoms. The van der Waals surface area contributed by atoms with Crippen molar-refractivity contribution in [2.24, 2.45) is 0 Å². The fraction of sp³-hybridized carbons (Fsp3) is 0.957. The maximum atomic E-state index is 9.08. The Bertz CT molecular complexity index is 1630. The van der Waals surface area contributed by atoms with Gasteiger partial charge in [-0.1, -0.05) is 406 Å². The van der Waals surface area contributed by atoms with E-state index in [2.05, 4.69) is 102 Å². The lowest BCUT2D eigenvalue weighted by Gasteiger charge is -2.30. The molecule has 0 aromatic carbocycles. The number of nitrogens with zero attached hydrogens (tertiary/aromatic N) is 4. The minimum Gasteiger partial charge on any atom is -1.00 e. The van der Waals surface area contributed by atoms with Crippen LogP contribution in [0, 0.1) is 0 Å². The van der Waals surface area contributed by atoms with Gasteiger partial charge >= 0.3 is 21.5 Å². The SMILES string of the molecule is C=CCCl.C=CC[N+](C)(C)CCCCCCCCCCCCCCCCCC.CCCCCCCCCCCCCCCCCCN(C)C.CCCCCCCCCCCCCCCCCC[N+](C)(C)CCC[Si](Cl)(Cl)Cl.CCCCCCCCCCCCCCCCCC[N+](C)(C)CCC[Si](O)(O)O.Cl.Cl.Cl[SiH](Cl)Cl.[Cl-]. The molecule has 0 aliphatic heterocycles. The molecular weight excluding hydrogens is 1650 g/mol. The van der Waals surface area contributed by atoms with E-state index in [0.29, 0.717) is 12.3 Å². The van der Waals surface area contributed by atoms with Gasteiger partial charge in [-0.3, -0.25) is 0 Å². The van der Waals surface area contributed by atoms with Crippen molar-refractivity contribution in [3.8, 4) is 0 Å². The molecule has 0 aromatic heterocycles. The van der Waals surface area contributed by atoms with Gasteiger partial charge in [0.1, 0.15) is 0 Å². The maximum Gasteiger partial charge on any atom is 0.492 e. The molecular formula is C92H200Cl10N4O3Si3+2. The zero-order valence-electron chi connectivity index (χ0n) is 76.9. The van der Waals surface area contributed by atoms with E-state index >= 15 is 0 Å². The molecule has 0 aliphatic carbocycles. The molecule has 0 saturated heterocycles. The summed E-state index contributed by atoms with van der Waals surface area (Å²) in [6.45, 7) is 22.7. The van der Waals surface area contributed by atoms with Gasteiger partial charge in [0.15, 0.2) is 0 Å². The molecule has 20 heteroatoms. The van der Waals surface area contributed by atoms with Crippen molar-refractivity contribution in [3.05, 3.63) is 25.3 Å². The van der Waals surface area contributed by atoms with Gasteiger partial charge in [0.2, 0.25) is 0 Å². The molecule has 0 rings (SSSR count). The van der Waals surface area contributed by atoms with E-state index in [1.807, 2.05) is 6.08 Å². The van der Waals surface area contributed by atoms with Gasteiger partial charge < -0.3 is 45.1 Å². The Hall–Kier alpha value is 2.75. The summed E-state index contributed by atoms with van der Waals surface area (Å²) in [5.41, 5.74) is 0. The minimum atomic E-state index is -3.84. The summed E-state index contributed by atoms with van der Waals surface area (Å²) < 4.78 is 3.07. The van der Waals surface area contributed by atoms with Crippen molar-refractivity contribution in [3.63, 3.8) is 0 Å². The molecule has 3 N–H and O–H groups in total. The highest BCUT2D eigenvalue weighted by atomic mass is 35.8. The van der Waals surface area contributed by atoms with Crippen molar-refractivity contribution in [2.45, 2.75) is 464 Å². The van der Waals surface area contributed by atoms with Gasteiger partial charge in [0.05, 0.1) is 81.6 Å². The lowest BCUT2D eigenvalue weighted by Crippen LogP contribution is -3.00. The summed E-state index contributed by atoms with van der Waals surface area (Å²) in [7, 11) is 14.1. The number of rotatable bonds is 79. The molecule has 0 aromatic rings.